The van der Waals surface area contributed by atoms with Gasteiger partial charge in [0.1, 0.15) is 6.04 Å². The van der Waals surface area contributed by atoms with Crippen molar-refractivity contribution in [2.45, 2.75) is 18.9 Å². The number of carbonyl (C=O) groups is 2. The second-order valence-corrected chi connectivity index (χ2v) is 5.59. The molecule has 2 rings (SSSR count). The van der Waals surface area contributed by atoms with Gasteiger partial charge in [-0.2, -0.15) is 0 Å². The molecule has 20 heavy (non-hydrogen) atoms. The van der Waals surface area contributed by atoms with E-state index in [9.17, 15) is 9.59 Å². The smallest absolute Gasteiger partial charge is 0.326 e. The Kier molecular flexibility index (Phi) is 4.62. The topological polar surface area (TPSA) is 69.6 Å². The summed E-state index contributed by atoms with van der Waals surface area (Å²) in [6.07, 6.45) is 1.09. The van der Waals surface area contributed by atoms with Gasteiger partial charge in [0.15, 0.2) is 0 Å². The van der Waals surface area contributed by atoms with Crippen LogP contribution in [0.4, 0.5) is 10.5 Å². The lowest BCUT2D eigenvalue weighted by Crippen LogP contribution is -2.42. The molecule has 5 nitrogen and oxygen atoms in total. The minimum absolute atomic E-state index is 0.235. The molecule has 1 aliphatic heterocycles. The van der Waals surface area contributed by atoms with Crippen LogP contribution in [0.3, 0.4) is 0 Å². The minimum atomic E-state index is -1.02. The fraction of sp³-hybridized carbons (Fsp3) is 0.333. The number of hydrogen-bond acceptors (Lipinski definition) is 2. The van der Waals surface area contributed by atoms with E-state index >= 15 is 0 Å². The van der Waals surface area contributed by atoms with E-state index in [4.69, 9.17) is 39.9 Å². The van der Waals surface area contributed by atoms with Crippen LogP contribution in [-0.2, 0) is 4.79 Å². The third-order valence-corrected chi connectivity index (χ3v) is 4.09. The highest BCUT2D eigenvalue weighted by molar-refractivity contribution is 6.44. The Bertz CT molecular complexity index is 565. The fourth-order valence-corrected chi connectivity index (χ4v) is 2.67. The van der Waals surface area contributed by atoms with Gasteiger partial charge in [0.2, 0.25) is 0 Å². The molecular formula is C12H11Cl3N2O3. The molecule has 1 aliphatic rings. The summed E-state index contributed by atoms with van der Waals surface area (Å²) in [5.41, 5.74) is 0.294. The van der Waals surface area contributed by atoms with Gasteiger partial charge in [0.05, 0.1) is 20.8 Å². The summed E-state index contributed by atoms with van der Waals surface area (Å²) < 4.78 is 0. The standard InChI is InChI=1S/C12H11Cl3N2O3/c13-6-4-8(15)9(5-7(6)14)16-12(20)17-3-1-2-10(17)11(18)19/h4-5,10H,1-3H2,(H,16,20)(H,18,19)/t10-/m0/s1. The molecule has 1 atom stereocenters. The molecular weight excluding hydrogens is 327 g/mol. The molecule has 1 heterocycles. The highest BCUT2D eigenvalue weighted by atomic mass is 35.5. The van der Waals surface area contributed by atoms with Crippen molar-refractivity contribution in [1.29, 1.82) is 0 Å². The molecule has 2 amide bonds. The Hall–Kier alpha value is -1.17. The molecule has 0 bridgehead atoms. The second kappa shape index (κ2) is 6.08. The summed E-state index contributed by atoms with van der Waals surface area (Å²) in [6, 6.07) is 1.52. The lowest BCUT2D eigenvalue weighted by atomic mass is 10.2. The van der Waals surface area contributed by atoms with Crippen LogP contribution in [0.5, 0.6) is 0 Å². The van der Waals surface area contributed by atoms with Gasteiger partial charge in [0, 0.05) is 6.54 Å². The van der Waals surface area contributed by atoms with E-state index in [1.165, 1.54) is 17.0 Å². The monoisotopic (exact) mass is 336 g/mol. The van der Waals surface area contributed by atoms with Crippen LogP contribution < -0.4 is 5.32 Å². The first-order valence-corrected chi connectivity index (χ1v) is 6.98. The lowest BCUT2D eigenvalue weighted by Gasteiger charge is -2.22. The number of carboxylic acids is 1. The summed E-state index contributed by atoms with van der Waals surface area (Å²) in [7, 11) is 0. The van der Waals surface area contributed by atoms with Gasteiger partial charge in [0.25, 0.3) is 0 Å². The third kappa shape index (κ3) is 3.11. The zero-order valence-electron chi connectivity index (χ0n) is 10.2. The van der Waals surface area contributed by atoms with Crippen LogP contribution in [0.1, 0.15) is 12.8 Å². The van der Waals surface area contributed by atoms with E-state index in [1.807, 2.05) is 0 Å². The van der Waals surface area contributed by atoms with E-state index in [1.54, 1.807) is 0 Å². The van der Waals surface area contributed by atoms with Crippen molar-refractivity contribution in [2.24, 2.45) is 0 Å². The summed E-state index contributed by atoms with van der Waals surface area (Å²) in [4.78, 5) is 24.4. The van der Waals surface area contributed by atoms with Crippen LogP contribution in [0, 0.1) is 0 Å². The van der Waals surface area contributed by atoms with Crippen molar-refractivity contribution < 1.29 is 14.7 Å². The maximum Gasteiger partial charge on any atom is 0.326 e. The highest BCUT2D eigenvalue weighted by Gasteiger charge is 2.34. The number of nitrogens with one attached hydrogen (secondary N) is 1. The van der Waals surface area contributed by atoms with E-state index in [0.717, 1.165) is 0 Å². The number of anilines is 1. The second-order valence-electron chi connectivity index (χ2n) is 4.37. The average molecular weight is 338 g/mol. The van der Waals surface area contributed by atoms with Crippen molar-refractivity contribution in [3.8, 4) is 0 Å². The number of likely N-dealkylation sites (tertiary alicyclic amines) is 1. The molecule has 0 aromatic heterocycles. The van der Waals surface area contributed by atoms with Gasteiger partial charge in [-0.15, -0.1) is 0 Å². The quantitative estimate of drug-likeness (QED) is 0.808. The van der Waals surface area contributed by atoms with Crippen LogP contribution in [0.25, 0.3) is 0 Å². The van der Waals surface area contributed by atoms with Crippen molar-refractivity contribution in [1.82, 2.24) is 4.90 Å². The molecule has 0 spiro atoms. The summed E-state index contributed by atoms with van der Waals surface area (Å²) in [5, 5.41) is 12.4. The van der Waals surface area contributed by atoms with Crippen LogP contribution in [-0.4, -0.2) is 34.6 Å². The fourth-order valence-electron chi connectivity index (χ4n) is 2.07. The number of rotatable bonds is 2. The number of carbonyl (C=O) groups excluding carboxylic acids is 1. The van der Waals surface area contributed by atoms with E-state index in [0.29, 0.717) is 25.1 Å². The molecule has 0 aliphatic carbocycles. The van der Waals surface area contributed by atoms with Crippen molar-refractivity contribution in [3.05, 3.63) is 27.2 Å². The predicted octanol–water partition coefficient (Wildman–Crippen LogP) is 3.73. The summed E-state index contributed by atoms with van der Waals surface area (Å²) >= 11 is 17.6. The number of amides is 2. The normalized spacial score (nSPS) is 18.1. The zero-order valence-corrected chi connectivity index (χ0v) is 12.5. The molecule has 1 saturated heterocycles. The Labute approximate surface area is 130 Å². The highest BCUT2D eigenvalue weighted by Crippen LogP contribution is 2.32. The predicted molar refractivity (Wildman–Crippen MR) is 77.9 cm³/mol. The van der Waals surface area contributed by atoms with E-state index in [-0.39, 0.29) is 15.1 Å². The Morgan fingerprint density at radius 3 is 2.50 bits per heavy atom. The first-order chi connectivity index (χ1) is 9.40. The van der Waals surface area contributed by atoms with Crippen molar-refractivity contribution in [3.63, 3.8) is 0 Å². The van der Waals surface area contributed by atoms with Gasteiger partial charge in [-0.3, -0.25) is 0 Å². The molecule has 0 saturated carbocycles. The van der Waals surface area contributed by atoms with E-state index < -0.39 is 18.0 Å². The number of nitrogens with zero attached hydrogens (tertiary/aromatic N) is 1. The first-order valence-electron chi connectivity index (χ1n) is 5.85. The number of aliphatic carboxylic acids is 1. The maximum atomic E-state index is 12.1. The van der Waals surface area contributed by atoms with Gasteiger partial charge >= 0.3 is 12.0 Å². The number of urea groups is 1. The van der Waals surface area contributed by atoms with Gasteiger partial charge in [-0.05, 0) is 25.0 Å². The van der Waals surface area contributed by atoms with Crippen molar-refractivity contribution in [2.75, 3.05) is 11.9 Å². The maximum absolute atomic E-state index is 12.1. The molecule has 1 fully saturated rings. The Morgan fingerprint density at radius 1 is 1.20 bits per heavy atom. The third-order valence-electron chi connectivity index (χ3n) is 3.05. The largest absolute Gasteiger partial charge is 0.480 e. The van der Waals surface area contributed by atoms with E-state index in [2.05, 4.69) is 5.32 Å². The van der Waals surface area contributed by atoms with Crippen LogP contribution in [0.2, 0.25) is 15.1 Å². The molecule has 2 N–H and O–H groups in total. The first kappa shape index (κ1) is 15.2. The molecule has 0 radical (unpaired) electrons. The van der Waals surface area contributed by atoms with Crippen molar-refractivity contribution >= 4 is 52.5 Å². The SMILES string of the molecule is O=C(O)[C@@H]1CCCN1C(=O)Nc1cc(Cl)c(Cl)cc1Cl. The Morgan fingerprint density at radius 2 is 1.85 bits per heavy atom. The van der Waals surface area contributed by atoms with Gasteiger partial charge in [-0.1, -0.05) is 34.8 Å². The molecule has 1 aromatic carbocycles. The van der Waals surface area contributed by atoms with Gasteiger partial charge < -0.3 is 15.3 Å². The van der Waals surface area contributed by atoms with Crippen LogP contribution in [0.15, 0.2) is 12.1 Å². The number of carboxylic acid groups (broad SMARTS) is 1. The minimum Gasteiger partial charge on any atom is -0.480 e. The molecule has 108 valence electrons. The van der Waals surface area contributed by atoms with Gasteiger partial charge in [-0.25, -0.2) is 9.59 Å². The number of benzene rings is 1. The molecule has 1 aromatic rings. The zero-order chi connectivity index (χ0) is 14.9. The summed E-state index contributed by atoms with van der Waals surface area (Å²) in [6.45, 7) is 0.391. The van der Waals surface area contributed by atoms with Crippen LogP contribution >= 0.6 is 34.8 Å². The lowest BCUT2D eigenvalue weighted by molar-refractivity contribution is -0.141. The number of hydrogen-bond donors (Lipinski definition) is 2. The molecule has 0 unspecified atom stereocenters. The average Bonchev–Trinajstić information content (AvgIpc) is 2.85. The number of halogens is 3. The summed E-state index contributed by atoms with van der Waals surface area (Å²) in [5.74, 6) is -1.02. The molecule has 8 heteroatoms. The Balaban J connectivity index is 2.16.